The summed E-state index contributed by atoms with van der Waals surface area (Å²) in [4.78, 5) is 12.2. The van der Waals surface area contributed by atoms with Crippen LogP contribution in [0.4, 0.5) is 0 Å². The first-order chi connectivity index (χ1) is 12.9. The molecule has 142 valence electrons. The van der Waals surface area contributed by atoms with Gasteiger partial charge in [0.15, 0.2) is 9.84 Å². The zero-order valence-electron chi connectivity index (χ0n) is 15.3. The first-order valence-corrected chi connectivity index (χ1v) is 11.1. The van der Waals surface area contributed by atoms with E-state index >= 15 is 0 Å². The number of para-hydroxylation sites is 1. The standard InChI is InChI=1S/C21H23NO4S/c1-27(24,25)18-9-7-15(8-10-18)19-4-2-3-16-12-17(26-21(16)19)13-22-20(23)11-14-5-6-14/h2-4,7-10,14,17H,5-6,11-13H2,1H3,(H,22,23)/t17-/m0/s1. The highest BCUT2D eigenvalue weighted by Gasteiger charge is 2.28. The van der Waals surface area contributed by atoms with Crippen molar-refractivity contribution in [2.24, 2.45) is 5.92 Å². The molecular formula is C21H23NO4S. The van der Waals surface area contributed by atoms with Gasteiger partial charge >= 0.3 is 0 Å². The maximum Gasteiger partial charge on any atom is 0.220 e. The fourth-order valence-corrected chi connectivity index (χ4v) is 4.08. The van der Waals surface area contributed by atoms with E-state index in [-0.39, 0.29) is 12.0 Å². The van der Waals surface area contributed by atoms with Gasteiger partial charge in [-0.1, -0.05) is 30.3 Å². The van der Waals surface area contributed by atoms with Gasteiger partial charge in [-0.3, -0.25) is 4.79 Å². The lowest BCUT2D eigenvalue weighted by Gasteiger charge is -2.14. The van der Waals surface area contributed by atoms with Gasteiger partial charge in [-0.25, -0.2) is 8.42 Å². The Hall–Kier alpha value is -2.34. The summed E-state index contributed by atoms with van der Waals surface area (Å²) < 4.78 is 29.4. The third-order valence-electron chi connectivity index (χ3n) is 5.12. The first kappa shape index (κ1) is 18.0. The van der Waals surface area contributed by atoms with Crippen molar-refractivity contribution < 1.29 is 17.9 Å². The SMILES string of the molecule is CS(=O)(=O)c1ccc(-c2cccc3c2O[C@H](CNC(=O)CC2CC2)C3)cc1. The summed E-state index contributed by atoms with van der Waals surface area (Å²) in [5.74, 6) is 1.51. The molecule has 0 saturated heterocycles. The van der Waals surface area contributed by atoms with Gasteiger partial charge in [-0.2, -0.15) is 0 Å². The van der Waals surface area contributed by atoms with Crippen LogP contribution in [0.15, 0.2) is 47.4 Å². The van der Waals surface area contributed by atoms with Gasteiger partial charge < -0.3 is 10.1 Å². The molecule has 1 saturated carbocycles. The average molecular weight is 385 g/mol. The number of nitrogens with one attached hydrogen (secondary N) is 1. The van der Waals surface area contributed by atoms with Gasteiger partial charge in [0.25, 0.3) is 0 Å². The van der Waals surface area contributed by atoms with Crippen LogP contribution in [0.2, 0.25) is 0 Å². The Morgan fingerprint density at radius 2 is 1.89 bits per heavy atom. The molecule has 0 unspecified atom stereocenters. The highest BCUT2D eigenvalue weighted by atomic mass is 32.2. The summed E-state index contributed by atoms with van der Waals surface area (Å²) in [5.41, 5.74) is 2.97. The molecule has 1 heterocycles. The van der Waals surface area contributed by atoms with E-state index in [1.54, 1.807) is 24.3 Å². The summed E-state index contributed by atoms with van der Waals surface area (Å²) in [6, 6.07) is 12.8. The number of rotatable bonds is 6. The Morgan fingerprint density at radius 3 is 2.56 bits per heavy atom. The van der Waals surface area contributed by atoms with E-state index in [0.29, 0.717) is 23.8 Å². The van der Waals surface area contributed by atoms with Gasteiger partial charge in [-0.05, 0) is 42.0 Å². The first-order valence-electron chi connectivity index (χ1n) is 9.26. The molecule has 1 fully saturated rings. The van der Waals surface area contributed by atoms with Gasteiger partial charge in [-0.15, -0.1) is 0 Å². The second-order valence-electron chi connectivity index (χ2n) is 7.49. The number of ether oxygens (including phenoxy) is 1. The zero-order chi connectivity index (χ0) is 19.0. The molecule has 5 nitrogen and oxygen atoms in total. The van der Waals surface area contributed by atoms with E-state index < -0.39 is 9.84 Å². The summed E-state index contributed by atoms with van der Waals surface area (Å²) in [7, 11) is -3.21. The number of carbonyl (C=O) groups excluding carboxylic acids is 1. The molecular weight excluding hydrogens is 362 g/mol. The fourth-order valence-electron chi connectivity index (χ4n) is 3.45. The Bertz CT molecular complexity index is 962. The maximum atomic E-state index is 11.9. The second-order valence-corrected chi connectivity index (χ2v) is 9.50. The number of amides is 1. The molecule has 2 aliphatic rings. The van der Waals surface area contributed by atoms with Gasteiger partial charge in [0, 0.05) is 24.7 Å². The van der Waals surface area contributed by atoms with E-state index in [2.05, 4.69) is 5.32 Å². The minimum Gasteiger partial charge on any atom is -0.487 e. The van der Waals surface area contributed by atoms with Crippen LogP contribution < -0.4 is 10.1 Å². The highest BCUT2D eigenvalue weighted by Crippen LogP contribution is 2.39. The monoisotopic (exact) mass is 385 g/mol. The number of benzene rings is 2. The number of hydrogen-bond acceptors (Lipinski definition) is 4. The van der Waals surface area contributed by atoms with Crippen molar-refractivity contribution in [2.75, 3.05) is 12.8 Å². The molecule has 1 amide bonds. The zero-order valence-corrected chi connectivity index (χ0v) is 16.1. The number of carbonyl (C=O) groups is 1. The predicted molar refractivity (Wildman–Crippen MR) is 103 cm³/mol. The van der Waals surface area contributed by atoms with Crippen LogP contribution in [0, 0.1) is 5.92 Å². The van der Waals surface area contributed by atoms with E-state index in [9.17, 15) is 13.2 Å². The molecule has 0 spiro atoms. The average Bonchev–Trinajstić information content (AvgIpc) is 3.34. The highest BCUT2D eigenvalue weighted by molar-refractivity contribution is 7.90. The molecule has 0 aromatic heterocycles. The van der Waals surface area contributed by atoms with Crippen molar-refractivity contribution >= 4 is 15.7 Å². The normalized spacial score (nSPS) is 18.6. The predicted octanol–water partition coefficient (Wildman–Crippen LogP) is 2.98. The summed E-state index contributed by atoms with van der Waals surface area (Å²) in [5, 5.41) is 2.98. The van der Waals surface area contributed by atoms with E-state index in [1.807, 2.05) is 18.2 Å². The smallest absolute Gasteiger partial charge is 0.220 e. The number of fused-ring (bicyclic) bond motifs is 1. The van der Waals surface area contributed by atoms with Gasteiger partial charge in [0.05, 0.1) is 11.4 Å². The molecule has 2 aromatic rings. The van der Waals surface area contributed by atoms with E-state index in [1.165, 1.54) is 19.1 Å². The quantitative estimate of drug-likeness (QED) is 0.830. The molecule has 1 aliphatic carbocycles. The fraction of sp³-hybridized carbons (Fsp3) is 0.381. The van der Waals surface area contributed by atoms with Crippen LogP contribution in [-0.2, 0) is 21.1 Å². The molecule has 1 aliphatic heterocycles. The van der Waals surface area contributed by atoms with Crippen LogP contribution in [0.5, 0.6) is 5.75 Å². The largest absolute Gasteiger partial charge is 0.487 e. The molecule has 27 heavy (non-hydrogen) atoms. The van der Waals surface area contributed by atoms with Crippen molar-refractivity contribution in [3.8, 4) is 16.9 Å². The lowest BCUT2D eigenvalue weighted by Crippen LogP contribution is -2.34. The molecule has 4 rings (SSSR count). The van der Waals surface area contributed by atoms with Gasteiger partial charge in [0.1, 0.15) is 11.9 Å². The minimum absolute atomic E-state index is 0.0698. The van der Waals surface area contributed by atoms with E-state index in [0.717, 1.165) is 28.9 Å². The lowest BCUT2D eigenvalue weighted by molar-refractivity contribution is -0.121. The van der Waals surface area contributed by atoms with Crippen molar-refractivity contribution in [1.29, 1.82) is 0 Å². The summed E-state index contributed by atoms with van der Waals surface area (Å²) >= 11 is 0. The molecule has 2 aromatic carbocycles. The number of sulfone groups is 1. The Labute approximate surface area is 159 Å². The third kappa shape index (κ3) is 4.16. The van der Waals surface area contributed by atoms with Crippen LogP contribution >= 0.6 is 0 Å². The topological polar surface area (TPSA) is 72.5 Å². The lowest BCUT2D eigenvalue weighted by atomic mass is 10.0. The van der Waals surface area contributed by atoms with Crippen molar-refractivity contribution in [3.63, 3.8) is 0 Å². The maximum absolute atomic E-state index is 11.9. The Kier molecular flexibility index (Phi) is 4.68. The molecule has 1 atom stereocenters. The second kappa shape index (κ2) is 7.00. The Morgan fingerprint density at radius 1 is 1.15 bits per heavy atom. The van der Waals surface area contributed by atoms with Crippen molar-refractivity contribution in [2.45, 2.75) is 36.7 Å². The van der Waals surface area contributed by atoms with Gasteiger partial charge in [0.2, 0.25) is 5.91 Å². The van der Waals surface area contributed by atoms with Crippen LogP contribution in [0.25, 0.3) is 11.1 Å². The van der Waals surface area contributed by atoms with Crippen LogP contribution in [-0.4, -0.2) is 33.2 Å². The van der Waals surface area contributed by atoms with Crippen LogP contribution in [0.3, 0.4) is 0 Å². The van der Waals surface area contributed by atoms with E-state index in [4.69, 9.17) is 4.74 Å². The van der Waals surface area contributed by atoms with Crippen LogP contribution in [0.1, 0.15) is 24.8 Å². The summed E-state index contributed by atoms with van der Waals surface area (Å²) in [6.45, 7) is 0.507. The molecule has 0 bridgehead atoms. The molecule has 6 heteroatoms. The number of hydrogen-bond donors (Lipinski definition) is 1. The minimum atomic E-state index is -3.21. The van der Waals surface area contributed by atoms with Crippen molar-refractivity contribution in [1.82, 2.24) is 5.32 Å². The molecule has 0 radical (unpaired) electrons. The Balaban J connectivity index is 1.47. The third-order valence-corrected chi connectivity index (χ3v) is 6.25. The summed E-state index contributed by atoms with van der Waals surface area (Å²) in [6.07, 6.45) is 4.85. The van der Waals surface area contributed by atoms with Crippen molar-refractivity contribution in [3.05, 3.63) is 48.0 Å². The molecule has 1 N–H and O–H groups in total.